The van der Waals surface area contributed by atoms with Gasteiger partial charge in [-0.2, -0.15) is 13.2 Å². The van der Waals surface area contributed by atoms with Crippen molar-refractivity contribution in [2.45, 2.75) is 25.4 Å². The van der Waals surface area contributed by atoms with Crippen molar-refractivity contribution >= 4 is 40.4 Å². The van der Waals surface area contributed by atoms with Crippen LogP contribution in [0.3, 0.4) is 0 Å². The number of aromatic nitrogens is 2. The first-order valence-electron chi connectivity index (χ1n) is 14.6. The number of anilines is 4. The fourth-order valence-electron chi connectivity index (χ4n) is 6.37. The number of morpholine rings is 1. The minimum absolute atomic E-state index is 0.0363. The number of benzene rings is 2. The van der Waals surface area contributed by atoms with E-state index in [1.807, 2.05) is 4.90 Å². The third-order valence-corrected chi connectivity index (χ3v) is 8.54. The minimum Gasteiger partial charge on any atom is -0.480 e. The molecule has 3 fully saturated rings. The number of ether oxygens (including phenoxy) is 2. The molecule has 0 radical (unpaired) electrons. The molecule has 10 nitrogen and oxygen atoms in total. The van der Waals surface area contributed by atoms with Crippen LogP contribution in [-0.4, -0.2) is 60.9 Å². The number of nitrogens with one attached hydrogen (secondary N) is 2. The Morgan fingerprint density at radius 3 is 2.54 bits per heavy atom. The summed E-state index contributed by atoms with van der Waals surface area (Å²) in [4.78, 5) is 41.6. The summed E-state index contributed by atoms with van der Waals surface area (Å²) in [6, 6.07) is 6.81. The van der Waals surface area contributed by atoms with Crippen molar-refractivity contribution in [1.82, 2.24) is 9.97 Å². The molecule has 0 unspecified atom stereocenters. The Bertz CT molecular complexity index is 1690. The highest BCUT2D eigenvalue weighted by Crippen LogP contribution is 2.47. The molecule has 46 heavy (non-hydrogen) atoms. The quantitative estimate of drug-likeness (QED) is 0.318. The van der Waals surface area contributed by atoms with Crippen molar-refractivity contribution in [1.29, 1.82) is 0 Å². The summed E-state index contributed by atoms with van der Waals surface area (Å²) in [5, 5.41) is 5.27. The molecule has 3 aliphatic rings. The highest BCUT2D eigenvalue weighted by Gasteiger charge is 2.49. The zero-order chi connectivity index (χ0) is 32.6. The number of carbonyl (C=O) groups is 2. The van der Waals surface area contributed by atoms with Crippen LogP contribution in [0.5, 0.6) is 5.88 Å². The van der Waals surface area contributed by atoms with Crippen LogP contribution in [0, 0.1) is 29.4 Å². The second-order valence-corrected chi connectivity index (χ2v) is 11.3. The highest BCUT2D eigenvalue weighted by molar-refractivity contribution is 6.17. The molecule has 1 aliphatic heterocycles. The lowest BCUT2D eigenvalue weighted by atomic mass is 9.86. The molecule has 1 aromatic heterocycles. The number of hydrogen-bond acceptors (Lipinski definition) is 8. The maximum atomic E-state index is 15.2. The van der Waals surface area contributed by atoms with Crippen LogP contribution in [0.2, 0.25) is 0 Å². The molecule has 2 N–H and O–H groups in total. The van der Waals surface area contributed by atoms with E-state index in [0.717, 1.165) is 12.4 Å². The van der Waals surface area contributed by atoms with Crippen molar-refractivity contribution in [3.05, 3.63) is 65.5 Å². The molecule has 0 spiro atoms. The van der Waals surface area contributed by atoms with Gasteiger partial charge in [0.25, 0.3) is 5.91 Å². The Balaban J connectivity index is 1.27. The lowest BCUT2D eigenvalue weighted by molar-refractivity contribution is -0.140. The van der Waals surface area contributed by atoms with Gasteiger partial charge in [0, 0.05) is 30.2 Å². The van der Waals surface area contributed by atoms with Gasteiger partial charge in [-0.15, -0.1) is 0 Å². The number of amides is 2. The Kier molecular flexibility index (Phi) is 8.59. The molecular formula is C31H29F5N6O4. The number of hydrogen-bond donors (Lipinski definition) is 2. The first kappa shape index (κ1) is 31.3. The van der Waals surface area contributed by atoms with E-state index in [1.54, 1.807) is 6.07 Å². The summed E-state index contributed by atoms with van der Waals surface area (Å²) in [6.07, 6.45) is -1.92. The molecule has 2 aromatic carbocycles. The Labute approximate surface area is 260 Å². The highest BCUT2D eigenvalue weighted by atomic mass is 19.4. The Morgan fingerprint density at radius 2 is 1.83 bits per heavy atom. The number of methoxy groups -OCH3 is 1. The second-order valence-electron chi connectivity index (χ2n) is 11.3. The summed E-state index contributed by atoms with van der Waals surface area (Å²) in [7, 11) is 1.29. The lowest BCUT2D eigenvalue weighted by Gasteiger charge is -2.29. The Morgan fingerprint density at radius 1 is 1.04 bits per heavy atom. The van der Waals surface area contributed by atoms with Gasteiger partial charge in [0.2, 0.25) is 11.8 Å². The molecule has 2 amide bonds. The number of nitrogens with zero attached hydrogens (tertiary/aromatic N) is 4. The SMILES string of the molecule is COc1ncnc(Nc2ccc(N3CCOCC3)cc2F)c1C(=O)N=C1[C@H]2CC[C@H](C2)[C@@H]1C(=O)Nc1ccc(F)c(C(F)(F)F)c1. The van der Waals surface area contributed by atoms with E-state index < -0.39 is 41.1 Å². The summed E-state index contributed by atoms with van der Waals surface area (Å²) in [5.74, 6) is -5.06. The number of rotatable bonds is 7. The first-order chi connectivity index (χ1) is 22.0. The van der Waals surface area contributed by atoms with Crippen molar-refractivity contribution < 1.29 is 41.0 Å². The van der Waals surface area contributed by atoms with Crippen LogP contribution >= 0.6 is 0 Å². The van der Waals surface area contributed by atoms with Crippen LogP contribution in [0.15, 0.2) is 47.7 Å². The standard InChI is InChI=1S/C31H29F5N6O4/c1-45-30-25(27(37-15-38-30)40-23-7-5-19(14-22(23)33)42-8-10-46-11-9-42)29(44)41-26-17-3-2-16(12-17)24(26)28(43)39-18-4-6-21(32)20(13-18)31(34,35)36/h4-7,13-17,24H,2-3,8-12H2,1H3,(H,39,43)(H,37,38,40)/t16-,17+,24+/m1/s1. The van der Waals surface area contributed by atoms with E-state index in [4.69, 9.17) is 9.47 Å². The van der Waals surface area contributed by atoms with Crippen LogP contribution in [0.4, 0.5) is 44.8 Å². The van der Waals surface area contributed by atoms with E-state index in [9.17, 15) is 27.2 Å². The molecule has 3 aromatic rings. The average molecular weight is 645 g/mol. The van der Waals surface area contributed by atoms with E-state index in [0.29, 0.717) is 63.4 Å². The maximum Gasteiger partial charge on any atom is 0.419 e. The lowest BCUT2D eigenvalue weighted by Crippen LogP contribution is -2.36. The Hall–Kier alpha value is -4.66. The van der Waals surface area contributed by atoms with E-state index in [1.165, 1.54) is 19.2 Å². The molecule has 1 saturated heterocycles. The fourth-order valence-corrected chi connectivity index (χ4v) is 6.37. The summed E-state index contributed by atoms with van der Waals surface area (Å²) >= 11 is 0. The molecule has 2 bridgehead atoms. The largest absolute Gasteiger partial charge is 0.480 e. The molecule has 3 atom stereocenters. The van der Waals surface area contributed by atoms with Crippen LogP contribution in [0.1, 0.15) is 35.2 Å². The monoisotopic (exact) mass is 644 g/mol. The van der Waals surface area contributed by atoms with Crippen molar-refractivity contribution in [3.8, 4) is 5.88 Å². The maximum absolute atomic E-state index is 15.2. The van der Waals surface area contributed by atoms with Gasteiger partial charge in [0.15, 0.2) is 5.82 Å². The van der Waals surface area contributed by atoms with Gasteiger partial charge in [0.1, 0.15) is 23.5 Å². The van der Waals surface area contributed by atoms with Gasteiger partial charge >= 0.3 is 6.18 Å². The predicted molar refractivity (Wildman–Crippen MR) is 157 cm³/mol. The number of halogens is 5. The van der Waals surface area contributed by atoms with Gasteiger partial charge in [-0.1, -0.05) is 0 Å². The van der Waals surface area contributed by atoms with Crippen LogP contribution in [0.25, 0.3) is 0 Å². The minimum atomic E-state index is -4.95. The zero-order valence-electron chi connectivity index (χ0n) is 24.5. The molecule has 2 heterocycles. The van der Waals surface area contributed by atoms with Crippen molar-refractivity contribution in [3.63, 3.8) is 0 Å². The van der Waals surface area contributed by atoms with E-state index in [-0.39, 0.29) is 46.2 Å². The van der Waals surface area contributed by atoms with Gasteiger partial charge in [-0.25, -0.2) is 23.7 Å². The van der Waals surface area contributed by atoms with Crippen LogP contribution in [-0.2, 0) is 15.7 Å². The molecular weight excluding hydrogens is 615 g/mol. The summed E-state index contributed by atoms with van der Waals surface area (Å²) in [5.41, 5.74) is -0.956. The van der Waals surface area contributed by atoms with Crippen LogP contribution < -0.4 is 20.3 Å². The average Bonchev–Trinajstić information content (AvgIpc) is 3.65. The normalized spacial score (nSPS) is 21.8. The third-order valence-electron chi connectivity index (χ3n) is 8.54. The number of aliphatic imine (C=N–C) groups is 1. The molecule has 15 heteroatoms. The van der Waals surface area contributed by atoms with E-state index >= 15 is 4.39 Å². The van der Waals surface area contributed by atoms with Gasteiger partial charge in [-0.05, 0) is 67.5 Å². The first-order valence-corrected chi connectivity index (χ1v) is 14.6. The molecule has 242 valence electrons. The van der Waals surface area contributed by atoms with Gasteiger partial charge in [0.05, 0.1) is 37.5 Å². The number of fused-ring (bicyclic) bond motifs is 2. The van der Waals surface area contributed by atoms with Gasteiger partial charge in [-0.3, -0.25) is 9.59 Å². The number of carbonyl (C=O) groups excluding carboxylic acids is 2. The van der Waals surface area contributed by atoms with Crippen molar-refractivity contribution in [2.24, 2.45) is 22.7 Å². The van der Waals surface area contributed by atoms with Gasteiger partial charge < -0.3 is 25.0 Å². The molecule has 2 saturated carbocycles. The summed E-state index contributed by atoms with van der Waals surface area (Å²) in [6.45, 7) is 2.30. The zero-order valence-corrected chi connectivity index (χ0v) is 24.5. The topological polar surface area (TPSA) is 118 Å². The smallest absolute Gasteiger partial charge is 0.419 e. The number of alkyl halides is 3. The fraction of sp³-hybridized carbons (Fsp3) is 0.387. The second kappa shape index (κ2) is 12.6. The third kappa shape index (κ3) is 6.23. The predicted octanol–water partition coefficient (Wildman–Crippen LogP) is 5.63. The molecule has 2 aliphatic carbocycles. The molecule has 6 rings (SSSR count). The summed E-state index contributed by atoms with van der Waals surface area (Å²) < 4.78 is 79.4. The van der Waals surface area contributed by atoms with E-state index in [2.05, 4.69) is 25.6 Å². The van der Waals surface area contributed by atoms with Crippen molar-refractivity contribution in [2.75, 3.05) is 48.9 Å².